The molecule has 1 aromatic rings. The Morgan fingerprint density at radius 2 is 2.20 bits per heavy atom. The number of aryl methyl sites for hydroxylation is 1. The summed E-state index contributed by atoms with van der Waals surface area (Å²) >= 11 is 0. The molecule has 0 spiro atoms. The van der Waals surface area contributed by atoms with Crippen molar-refractivity contribution in [3.63, 3.8) is 0 Å². The Kier molecular flexibility index (Phi) is 7.04. The standard InChI is InChI=1S/C15H23NO4/c1-11(2)9-19-10-13(17)8-16-15(18)7-6-14-5-4-12(3)20-14/h4-7,11,13,17H,8-10H2,1-3H3,(H,16,18)/b7-6+. The first-order valence-electron chi connectivity index (χ1n) is 6.75. The van der Waals surface area contributed by atoms with Crippen LogP contribution in [-0.4, -0.2) is 36.9 Å². The SMILES string of the molecule is Cc1ccc(/C=C/C(=O)NCC(O)COCC(C)C)o1. The van der Waals surface area contributed by atoms with Gasteiger partial charge in [0.25, 0.3) is 0 Å². The highest BCUT2D eigenvalue weighted by atomic mass is 16.5. The lowest BCUT2D eigenvalue weighted by Crippen LogP contribution is -2.33. The Labute approximate surface area is 119 Å². The molecule has 1 atom stereocenters. The van der Waals surface area contributed by atoms with E-state index < -0.39 is 6.10 Å². The van der Waals surface area contributed by atoms with Crippen LogP contribution in [0.15, 0.2) is 22.6 Å². The molecule has 1 unspecified atom stereocenters. The van der Waals surface area contributed by atoms with E-state index in [1.165, 1.54) is 6.08 Å². The van der Waals surface area contributed by atoms with Crippen LogP contribution in [0.3, 0.4) is 0 Å². The van der Waals surface area contributed by atoms with Gasteiger partial charge in [-0.3, -0.25) is 4.79 Å². The van der Waals surface area contributed by atoms with E-state index in [9.17, 15) is 9.90 Å². The number of nitrogens with one attached hydrogen (secondary N) is 1. The smallest absolute Gasteiger partial charge is 0.244 e. The van der Waals surface area contributed by atoms with Crippen molar-refractivity contribution in [3.8, 4) is 0 Å². The summed E-state index contributed by atoms with van der Waals surface area (Å²) in [5.74, 6) is 1.57. The minimum Gasteiger partial charge on any atom is -0.462 e. The van der Waals surface area contributed by atoms with Crippen LogP contribution in [0.4, 0.5) is 0 Å². The summed E-state index contributed by atoms with van der Waals surface area (Å²) in [5.41, 5.74) is 0. The first kappa shape index (κ1) is 16.5. The molecule has 5 heteroatoms. The van der Waals surface area contributed by atoms with Gasteiger partial charge < -0.3 is 19.6 Å². The maximum absolute atomic E-state index is 11.5. The van der Waals surface area contributed by atoms with Crippen LogP contribution in [-0.2, 0) is 9.53 Å². The van der Waals surface area contributed by atoms with E-state index in [1.807, 2.05) is 26.8 Å². The van der Waals surface area contributed by atoms with Gasteiger partial charge in [0.2, 0.25) is 5.91 Å². The molecule has 20 heavy (non-hydrogen) atoms. The lowest BCUT2D eigenvalue weighted by atomic mass is 10.2. The average molecular weight is 281 g/mol. The van der Waals surface area contributed by atoms with Crippen molar-refractivity contribution in [2.24, 2.45) is 5.92 Å². The molecule has 1 heterocycles. The van der Waals surface area contributed by atoms with E-state index in [-0.39, 0.29) is 19.1 Å². The number of hydrogen-bond donors (Lipinski definition) is 2. The number of rotatable bonds is 8. The Balaban J connectivity index is 2.20. The molecule has 0 bridgehead atoms. The summed E-state index contributed by atoms with van der Waals surface area (Å²) in [4.78, 5) is 11.5. The fourth-order valence-corrected chi connectivity index (χ4v) is 1.48. The third kappa shape index (κ3) is 7.11. The first-order valence-corrected chi connectivity index (χ1v) is 6.75. The van der Waals surface area contributed by atoms with Crippen molar-refractivity contribution in [1.29, 1.82) is 0 Å². The molecule has 2 N–H and O–H groups in total. The van der Waals surface area contributed by atoms with E-state index in [2.05, 4.69) is 5.32 Å². The molecule has 0 saturated carbocycles. The van der Waals surface area contributed by atoms with E-state index in [1.54, 1.807) is 12.1 Å². The molecule has 5 nitrogen and oxygen atoms in total. The van der Waals surface area contributed by atoms with Crippen LogP contribution in [0.5, 0.6) is 0 Å². The molecule has 1 amide bonds. The highest BCUT2D eigenvalue weighted by molar-refractivity contribution is 5.91. The Morgan fingerprint density at radius 3 is 2.80 bits per heavy atom. The Morgan fingerprint density at radius 1 is 1.45 bits per heavy atom. The molecular formula is C15H23NO4. The van der Waals surface area contributed by atoms with Crippen molar-refractivity contribution in [2.45, 2.75) is 26.9 Å². The minimum absolute atomic E-state index is 0.165. The van der Waals surface area contributed by atoms with Gasteiger partial charge in [-0.1, -0.05) is 13.8 Å². The van der Waals surface area contributed by atoms with Crippen LogP contribution < -0.4 is 5.32 Å². The zero-order valence-corrected chi connectivity index (χ0v) is 12.3. The van der Waals surface area contributed by atoms with Crippen LogP contribution in [0.25, 0.3) is 6.08 Å². The molecule has 1 aromatic heterocycles. The number of furan rings is 1. The molecule has 112 valence electrons. The number of carbonyl (C=O) groups is 1. The van der Waals surface area contributed by atoms with Gasteiger partial charge >= 0.3 is 0 Å². The third-order valence-electron chi connectivity index (χ3n) is 2.43. The normalized spacial score (nSPS) is 13.1. The van der Waals surface area contributed by atoms with E-state index in [4.69, 9.17) is 9.15 Å². The second-order valence-electron chi connectivity index (χ2n) is 5.11. The maximum atomic E-state index is 11.5. The molecule has 1 rings (SSSR count). The maximum Gasteiger partial charge on any atom is 0.244 e. The van der Waals surface area contributed by atoms with Crippen LogP contribution in [0.1, 0.15) is 25.4 Å². The second-order valence-corrected chi connectivity index (χ2v) is 5.11. The monoisotopic (exact) mass is 281 g/mol. The molecule has 0 aliphatic heterocycles. The van der Waals surface area contributed by atoms with Crippen LogP contribution in [0.2, 0.25) is 0 Å². The summed E-state index contributed by atoms with van der Waals surface area (Å²) in [5, 5.41) is 12.2. The summed E-state index contributed by atoms with van der Waals surface area (Å²) in [6.07, 6.45) is 2.26. The highest BCUT2D eigenvalue weighted by Crippen LogP contribution is 2.07. The predicted molar refractivity (Wildman–Crippen MR) is 77.2 cm³/mol. The van der Waals surface area contributed by atoms with Crippen molar-refractivity contribution < 1.29 is 19.1 Å². The molecule has 0 aliphatic rings. The summed E-state index contributed by atoms with van der Waals surface area (Å²) in [6, 6.07) is 3.61. The number of carbonyl (C=O) groups excluding carboxylic acids is 1. The van der Waals surface area contributed by atoms with Gasteiger partial charge in [0.1, 0.15) is 11.5 Å². The van der Waals surface area contributed by atoms with E-state index in [0.29, 0.717) is 18.3 Å². The van der Waals surface area contributed by atoms with Gasteiger partial charge in [-0.05, 0) is 31.1 Å². The van der Waals surface area contributed by atoms with Crippen LogP contribution in [0, 0.1) is 12.8 Å². The topological polar surface area (TPSA) is 71.7 Å². The van der Waals surface area contributed by atoms with Gasteiger partial charge in [0, 0.05) is 19.2 Å². The van der Waals surface area contributed by atoms with Gasteiger partial charge in [0.05, 0.1) is 12.7 Å². The number of ether oxygens (including phenoxy) is 1. The number of amides is 1. The van der Waals surface area contributed by atoms with Crippen molar-refractivity contribution in [1.82, 2.24) is 5.32 Å². The largest absolute Gasteiger partial charge is 0.462 e. The van der Waals surface area contributed by atoms with Gasteiger partial charge in [-0.25, -0.2) is 0 Å². The Bertz CT molecular complexity index is 437. The zero-order valence-electron chi connectivity index (χ0n) is 12.3. The zero-order chi connectivity index (χ0) is 15.0. The first-order chi connectivity index (χ1) is 9.47. The molecule has 0 aromatic carbocycles. The number of hydrogen-bond acceptors (Lipinski definition) is 4. The van der Waals surface area contributed by atoms with Crippen molar-refractivity contribution >= 4 is 12.0 Å². The molecular weight excluding hydrogens is 258 g/mol. The van der Waals surface area contributed by atoms with Crippen molar-refractivity contribution in [2.75, 3.05) is 19.8 Å². The minimum atomic E-state index is -0.697. The van der Waals surface area contributed by atoms with Crippen molar-refractivity contribution in [3.05, 3.63) is 29.7 Å². The lowest BCUT2D eigenvalue weighted by molar-refractivity contribution is -0.117. The number of aliphatic hydroxyl groups is 1. The second kappa shape index (κ2) is 8.55. The number of aliphatic hydroxyl groups excluding tert-OH is 1. The molecule has 0 radical (unpaired) electrons. The average Bonchev–Trinajstić information content (AvgIpc) is 2.79. The summed E-state index contributed by atoms with van der Waals surface area (Å²) in [7, 11) is 0. The molecule has 0 fully saturated rings. The van der Waals surface area contributed by atoms with Gasteiger partial charge in [0.15, 0.2) is 0 Å². The third-order valence-corrected chi connectivity index (χ3v) is 2.43. The summed E-state index contributed by atoms with van der Waals surface area (Å²) < 4.78 is 10.6. The van der Waals surface area contributed by atoms with Gasteiger partial charge in [-0.15, -0.1) is 0 Å². The quantitative estimate of drug-likeness (QED) is 0.712. The lowest BCUT2D eigenvalue weighted by Gasteiger charge is -2.12. The van der Waals surface area contributed by atoms with Crippen LogP contribution >= 0.6 is 0 Å². The summed E-state index contributed by atoms with van der Waals surface area (Å²) in [6.45, 7) is 6.90. The Hall–Kier alpha value is -1.59. The molecule has 0 saturated heterocycles. The fraction of sp³-hybridized carbons (Fsp3) is 0.533. The fourth-order valence-electron chi connectivity index (χ4n) is 1.48. The van der Waals surface area contributed by atoms with E-state index >= 15 is 0 Å². The molecule has 0 aliphatic carbocycles. The van der Waals surface area contributed by atoms with Gasteiger partial charge in [-0.2, -0.15) is 0 Å². The van der Waals surface area contributed by atoms with E-state index in [0.717, 1.165) is 5.76 Å². The highest BCUT2D eigenvalue weighted by Gasteiger charge is 2.06. The predicted octanol–water partition coefficient (Wildman–Crippen LogP) is 1.75.